The SMILES string of the molecule is CN1CCN(c2ccc(-n3ccc4ccc(C#N)cc43)cc2)CC1. The largest absolute Gasteiger partial charge is 0.369 e. The molecule has 0 amide bonds. The van der Waals surface area contributed by atoms with Gasteiger partial charge in [-0.1, -0.05) is 6.07 Å². The highest BCUT2D eigenvalue weighted by molar-refractivity contribution is 5.83. The molecule has 4 heteroatoms. The lowest BCUT2D eigenvalue weighted by molar-refractivity contribution is 0.313. The molecular weight excluding hydrogens is 296 g/mol. The molecule has 1 saturated heterocycles. The minimum Gasteiger partial charge on any atom is -0.369 e. The third-order valence-corrected chi connectivity index (χ3v) is 4.82. The minimum absolute atomic E-state index is 0.691. The summed E-state index contributed by atoms with van der Waals surface area (Å²) >= 11 is 0. The van der Waals surface area contributed by atoms with Crippen LogP contribution in [0.25, 0.3) is 16.6 Å². The molecule has 24 heavy (non-hydrogen) atoms. The Hall–Kier alpha value is -2.77. The zero-order chi connectivity index (χ0) is 16.5. The summed E-state index contributed by atoms with van der Waals surface area (Å²) in [5, 5.41) is 10.3. The van der Waals surface area contributed by atoms with Gasteiger partial charge in [0.1, 0.15) is 0 Å². The monoisotopic (exact) mass is 316 g/mol. The van der Waals surface area contributed by atoms with Crippen molar-refractivity contribution in [3.05, 3.63) is 60.3 Å². The van der Waals surface area contributed by atoms with E-state index in [1.807, 2.05) is 18.2 Å². The maximum absolute atomic E-state index is 9.13. The normalized spacial score (nSPS) is 15.6. The van der Waals surface area contributed by atoms with Crippen LogP contribution in [0.5, 0.6) is 0 Å². The quantitative estimate of drug-likeness (QED) is 0.728. The lowest BCUT2D eigenvalue weighted by Crippen LogP contribution is -2.44. The molecule has 1 fully saturated rings. The highest BCUT2D eigenvalue weighted by Crippen LogP contribution is 2.24. The lowest BCUT2D eigenvalue weighted by Gasteiger charge is -2.34. The Labute approximate surface area is 142 Å². The van der Waals surface area contributed by atoms with Gasteiger partial charge in [0.05, 0.1) is 17.1 Å². The van der Waals surface area contributed by atoms with E-state index >= 15 is 0 Å². The molecule has 2 heterocycles. The van der Waals surface area contributed by atoms with E-state index < -0.39 is 0 Å². The lowest BCUT2D eigenvalue weighted by atomic mass is 10.2. The maximum Gasteiger partial charge on any atom is 0.0992 e. The molecule has 1 aliphatic rings. The van der Waals surface area contributed by atoms with Crippen LogP contribution in [0.4, 0.5) is 5.69 Å². The molecule has 0 bridgehead atoms. The van der Waals surface area contributed by atoms with E-state index in [1.165, 1.54) is 5.69 Å². The van der Waals surface area contributed by atoms with Crippen molar-refractivity contribution in [1.82, 2.24) is 9.47 Å². The van der Waals surface area contributed by atoms with Crippen LogP contribution in [-0.4, -0.2) is 42.7 Å². The van der Waals surface area contributed by atoms with Crippen LogP contribution in [0, 0.1) is 11.3 Å². The number of fused-ring (bicyclic) bond motifs is 1. The summed E-state index contributed by atoms with van der Waals surface area (Å²) in [6.07, 6.45) is 2.07. The summed E-state index contributed by atoms with van der Waals surface area (Å²) in [4.78, 5) is 4.80. The average molecular weight is 316 g/mol. The molecule has 0 atom stereocenters. The van der Waals surface area contributed by atoms with Gasteiger partial charge >= 0.3 is 0 Å². The second-order valence-electron chi connectivity index (χ2n) is 6.38. The van der Waals surface area contributed by atoms with Gasteiger partial charge in [0.25, 0.3) is 0 Å². The highest BCUT2D eigenvalue weighted by atomic mass is 15.2. The number of nitriles is 1. The van der Waals surface area contributed by atoms with Crippen LogP contribution in [0.15, 0.2) is 54.7 Å². The predicted octanol–water partition coefficient (Wildman–Crippen LogP) is 3.25. The Morgan fingerprint density at radius 1 is 0.875 bits per heavy atom. The highest BCUT2D eigenvalue weighted by Gasteiger charge is 2.14. The van der Waals surface area contributed by atoms with E-state index in [-0.39, 0.29) is 0 Å². The van der Waals surface area contributed by atoms with Crippen molar-refractivity contribution in [2.45, 2.75) is 0 Å². The number of benzene rings is 2. The number of anilines is 1. The van der Waals surface area contributed by atoms with Crippen LogP contribution >= 0.6 is 0 Å². The fourth-order valence-electron chi connectivity index (χ4n) is 3.31. The Morgan fingerprint density at radius 3 is 2.29 bits per heavy atom. The summed E-state index contributed by atoms with van der Waals surface area (Å²) < 4.78 is 2.14. The van der Waals surface area contributed by atoms with Crippen molar-refractivity contribution in [2.75, 3.05) is 38.1 Å². The van der Waals surface area contributed by atoms with Crippen molar-refractivity contribution in [3.63, 3.8) is 0 Å². The van der Waals surface area contributed by atoms with Gasteiger partial charge in [0.2, 0.25) is 0 Å². The number of aromatic nitrogens is 1. The molecule has 0 N–H and O–H groups in total. The van der Waals surface area contributed by atoms with Gasteiger partial charge in [-0.25, -0.2) is 0 Å². The van der Waals surface area contributed by atoms with Crippen molar-refractivity contribution in [3.8, 4) is 11.8 Å². The Bertz CT molecular complexity index is 894. The summed E-state index contributed by atoms with van der Waals surface area (Å²) in [6, 6.07) is 18.8. The van der Waals surface area contributed by atoms with Crippen molar-refractivity contribution in [2.24, 2.45) is 0 Å². The summed E-state index contributed by atoms with van der Waals surface area (Å²) in [5.41, 5.74) is 4.16. The number of nitrogens with zero attached hydrogens (tertiary/aromatic N) is 4. The number of likely N-dealkylation sites (N-methyl/N-ethyl adjacent to an activating group) is 1. The van der Waals surface area contributed by atoms with Gasteiger partial charge < -0.3 is 14.4 Å². The molecule has 3 aromatic rings. The van der Waals surface area contributed by atoms with Gasteiger partial charge in [0.15, 0.2) is 0 Å². The molecule has 0 aliphatic carbocycles. The second-order valence-corrected chi connectivity index (χ2v) is 6.38. The van der Waals surface area contributed by atoms with E-state index in [4.69, 9.17) is 5.26 Å². The van der Waals surface area contributed by atoms with E-state index in [1.54, 1.807) is 0 Å². The molecule has 1 aromatic heterocycles. The molecule has 4 rings (SSSR count). The van der Waals surface area contributed by atoms with E-state index in [0.29, 0.717) is 5.56 Å². The standard InChI is InChI=1S/C20H20N4/c1-22-10-12-23(13-11-22)18-4-6-19(7-5-18)24-9-8-17-3-2-16(15-21)14-20(17)24/h2-9,14H,10-13H2,1H3. The average Bonchev–Trinajstić information content (AvgIpc) is 3.05. The summed E-state index contributed by atoms with van der Waals surface area (Å²) in [5.74, 6) is 0. The van der Waals surface area contributed by atoms with Crippen LogP contribution in [-0.2, 0) is 0 Å². The first kappa shape index (κ1) is 14.8. The van der Waals surface area contributed by atoms with Crippen molar-refractivity contribution in [1.29, 1.82) is 5.26 Å². The first-order valence-electron chi connectivity index (χ1n) is 8.30. The number of hydrogen-bond donors (Lipinski definition) is 0. The smallest absolute Gasteiger partial charge is 0.0992 e. The van der Waals surface area contributed by atoms with Crippen molar-refractivity contribution >= 4 is 16.6 Å². The van der Waals surface area contributed by atoms with Crippen molar-refractivity contribution < 1.29 is 0 Å². The van der Waals surface area contributed by atoms with Gasteiger partial charge in [0, 0.05) is 49.1 Å². The zero-order valence-corrected chi connectivity index (χ0v) is 13.8. The fraction of sp³-hybridized carbons (Fsp3) is 0.250. The topological polar surface area (TPSA) is 35.2 Å². The molecule has 0 radical (unpaired) electrons. The molecule has 0 saturated carbocycles. The van der Waals surface area contributed by atoms with Gasteiger partial charge in [-0.15, -0.1) is 0 Å². The summed E-state index contributed by atoms with van der Waals surface area (Å²) in [6.45, 7) is 4.38. The van der Waals surface area contributed by atoms with Crippen LogP contribution in [0.1, 0.15) is 5.56 Å². The zero-order valence-electron chi connectivity index (χ0n) is 13.8. The first-order valence-corrected chi connectivity index (χ1v) is 8.30. The number of piperazine rings is 1. The van der Waals surface area contributed by atoms with Crippen LogP contribution in [0.2, 0.25) is 0 Å². The molecule has 0 spiro atoms. The van der Waals surface area contributed by atoms with Crippen LogP contribution < -0.4 is 4.90 Å². The van der Waals surface area contributed by atoms with E-state index in [2.05, 4.69) is 64.0 Å². The van der Waals surface area contributed by atoms with Gasteiger partial charge in [-0.2, -0.15) is 5.26 Å². The van der Waals surface area contributed by atoms with Gasteiger partial charge in [-0.3, -0.25) is 0 Å². The number of rotatable bonds is 2. The molecule has 0 unspecified atom stereocenters. The van der Waals surface area contributed by atoms with E-state index in [0.717, 1.165) is 42.8 Å². The molecular formula is C20H20N4. The van der Waals surface area contributed by atoms with Gasteiger partial charge in [-0.05, 0) is 49.5 Å². The third kappa shape index (κ3) is 2.64. The second kappa shape index (κ2) is 6.03. The van der Waals surface area contributed by atoms with Crippen LogP contribution in [0.3, 0.4) is 0 Å². The number of hydrogen-bond acceptors (Lipinski definition) is 3. The Balaban J connectivity index is 1.64. The fourth-order valence-corrected chi connectivity index (χ4v) is 3.31. The Morgan fingerprint density at radius 2 is 1.58 bits per heavy atom. The summed E-state index contributed by atoms with van der Waals surface area (Å²) in [7, 11) is 2.17. The van der Waals surface area contributed by atoms with E-state index in [9.17, 15) is 0 Å². The first-order chi connectivity index (χ1) is 11.7. The molecule has 1 aliphatic heterocycles. The molecule has 4 nitrogen and oxygen atoms in total. The molecule has 2 aromatic carbocycles. The minimum atomic E-state index is 0.691. The molecule has 120 valence electrons. The third-order valence-electron chi connectivity index (χ3n) is 4.82. The Kier molecular flexibility index (Phi) is 3.72. The maximum atomic E-state index is 9.13. The predicted molar refractivity (Wildman–Crippen MR) is 97.7 cm³/mol.